The fraction of sp³-hybridized carbons (Fsp3) is 0.0704. The van der Waals surface area contributed by atoms with E-state index in [9.17, 15) is 0 Å². The van der Waals surface area contributed by atoms with Gasteiger partial charge in [-0.2, -0.15) is 0 Å². The van der Waals surface area contributed by atoms with Gasteiger partial charge in [0, 0.05) is 44.7 Å². The lowest BCUT2D eigenvalue weighted by Gasteiger charge is -2.36. The lowest BCUT2D eigenvalue weighted by atomic mass is 9.67. The van der Waals surface area contributed by atoms with Gasteiger partial charge in [-0.15, -0.1) is 0 Å². The molecule has 2 heteroatoms. The molecule has 22 aromatic carbocycles. The van der Waals surface area contributed by atoms with Crippen LogP contribution >= 0.6 is 0 Å². The molecule has 1 spiro atoms. The zero-order valence-corrected chi connectivity index (χ0v) is 80.5. The first kappa shape index (κ1) is 83.4. The molecule has 7 aliphatic rings. The maximum Gasteiger partial charge on any atom is 0.0726 e. The van der Waals surface area contributed by atoms with E-state index in [0.717, 1.165) is 61.9 Å². The predicted octanol–water partition coefficient (Wildman–Crippen LogP) is 35.7. The molecular weight excluding hydrogens is 1730 g/mol. The molecule has 29 rings (SSSR count). The molecule has 0 amide bonds. The topological polar surface area (TPSA) is 6.48 Å². The minimum atomic E-state index is -0.779. The number of nitrogens with zero attached hydrogens (tertiary/aromatic N) is 2. The van der Waals surface area contributed by atoms with Gasteiger partial charge in [-0.1, -0.05) is 464 Å². The quantitative estimate of drug-likeness (QED) is 0.101. The Hall–Kier alpha value is -17.6. The highest BCUT2D eigenvalue weighted by Crippen LogP contribution is 2.68. The highest BCUT2D eigenvalue weighted by atomic mass is 15.2. The number of hydrogen-bond acceptors (Lipinski definition) is 2. The molecule has 0 radical (unpaired) electrons. The van der Waals surface area contributed by atoms with Gasteiger partial charge in [-0.3, -0.25) is 0 Å². The summed E-state index contributed by atoms with van der Waals surface area (Å²) in [5.74, 6) is 0. The second-order valence-corrected chi connectivity index (χ2v) is 41.4. The Morgan fingerprint density at radius 1 is 0.125 bits per heavy atom. The first-order valence-corrected chi connectivity index (χ1v) is 50.8. The van der Waals surface area contributed by atoms with Crippen LogP contribution in [0, 0.1) is 0 Å². The molecule has 0 atom stereocenters. The van der Waals surface area contributed by atoms with Gasteiger partial charge in [0.15, 0.2) is 0 Å². The van der Waals surface area contributed by atoms with Crippen molar-refractivity contribution in [3.05, 3.63) is 633 Å². The molecule has 0 unspecified atom stereocenters. The van der Waals surface area contributed by atoms with Gasteiger partial charge < -0.3 is 9.80 Å². The predicted molar refractivity (Wildman–Crippen MR) is 595 cm³/mol. The van der Waals surface area contributed by atoms with Gasteiger partial charge in [0.2, 0.25) is 0 Å². The molecule has 0 saturated carbocycles. The van der Waals surface area contributed by atoms with Gasteiger partial charge in [0.25, 0.3) is 0 Å². The molecule has 7 aliphatic carbocycles. The fourth-order valence-electron chi connectivity index (χ4n) is 27.8. The summed E-state index contributed by atoms with van der Waals surface area (Å²) >= 11 is 0. The van der Waals surface area contributed by atoms with Crippen molar-refractivity contribution >= 4 is 34.1 Å². The van der Waals surface area contributed by atoms with Gasteiger partial charge in [0.1, 0.15) is 0 Å². The number of anilines is 6. The first-order valence-electron chi connectivity index (χ1n) is 50.8. The lowest BCUT2D eigenvalue weighted by molar-refractivity contribution is 0.660. The molecule has 22 aromatic rings. The van der Waals surface area contributed by atoms with Crippen molar-refractivity contribution in [2.24, 2.45) is 0 Å². The van der Waals surface area contributed by atoms with Crippen LogP contribution in [0.15, 0.2) is 522 Å². The Bertz CT molecular complexity index is 8880. The summed E-state index contributed by atoms with van der Waals surface area (Å²) in [6.45, 7) is 9.78. The van der Waals surface area contributed by atoms with E-state index in [0.29, 0.717) is 0 Å². The second-order valence-electron chi connectivity index (χ2n) is 41.4. The van der Waals surface area contributed by atoms with Crippen LogP contribution in [-0.2, 0) is 32.5 Å². The van der Waals surface area contributed by atoms with Crippen molar-refractivity contribution in [2.75, 3.05) is 9.80 Å². The second kappa shape index (κ2) is 31.5. The number of hydrogen-bond donors (Lipinski definition) is 0. The van der Waals surface area contributed by atoms with Crippen molar-refractivity contribution < 1.29 is 0 Å². The SMILES string of the molecule is CC1(C)c2ccccc2-c2ccc(N(c3ccc4c(c3)C(c3ccccc3)(c3ccccc3)c3ccc(-c5ccc6c(c5)C(C)(C)c5cc(N(c7ccc8c(c7)C(c7ccccc7)(c7ccccc7)c7ccccc7-8)c7cc8c(cc7-c7ccccc7)-c7ccccc7C87c8ccccc8-c8ccccc87)ccc5-6)cc3-4)c3cc4c(cc3-c3ccccc3)-c3ccccc3C4(c3ccccc3)c3ccccc3)cc21. The number of fused-ring (bicyclic) bond motifs is 25. The monoisotopic (exact) mass is 1830 g/mol. The Morgan fingerprint density at radius 2 is 0.340 bits per heavy atom. The minimum absolute atomic E-state index is 0.294. The van der Waals surface area contributed by atoms with Crippen LogP contribution in [0.25, 0.3) is 111 Å². The third-order valence-corrected chi connectivity index (χ3v) is 33.9. The van der Waals surface area contributed by atoms with Crippen LogP contribution in [0.4, 0.5) is 34.1 Å². The standard InChI is InChI=1S/C142H98N2/c1-137(2)121-63-35-29-57-105(121)112-76-71-101(83-129(112)137)143(135-89-133-119(87-116(135)91-41-13-5-14-42-91)109-61-33-37-65-123(109)140(133,97-49-21-9-22-50-97)98-51-23-10-24-52-98)104-74-79-115-118-81-93(70-80-127(118)141(132(115)86-104,99-53-25-11-26-54-99)100-55-27-12-28-56-100)94-69-75-111-113-77-72-102(84-130(113)138(3,4)128(111)82-94)144(103-73-78-114-108-60-30-36-64-122(108)139(131(114)85-103,95-45-17-7-18-46-95)96-47-19-8-20-48-96)136-90-134-120(88-117(136)92-43-15-6-16-44-92)110-62-34-40-68-126(110)142(134)124-66-38-31-58-106(124)107-59-32-39-67-125(107)142/h5-90H,1-4H3. The normalized spacial score (nSPS) is 14.9. The van der Waals surface area contributed by atoms with Crippen molar-refractivity contribution in [1.29, 1.82) is 0 Å². The van der Waals surface area contributed by atoms with Crippen LogP contribution in [0.2, 0.25) is 0 Å². The van der Waals surface area contributed by atoms with Crippen LogP contribution in [0.3, 0.4) is 0 Å². The van der Waals surface area contributed by atoms with Crippen molar-refractivity contribution in [1.82, 2.24) is 0 Å². The van der Waals surface area contributed by atoms with Crippen LogP contribution < -0.4 is 9.80 Å². The maximum atomic E-state index is 2.65. The Balaban J connectivity index is 0.622. The summed E-state index contributed by atoms with van der Waals surface area (Å²) in [6.07, 6.45) is 0. The molecule has 2 nitrogen and oxygen atoms in total. The van der Waals surface area contributed by atoms with Gasteiger partial charge in [-0.05, 0) is 296 Å². The molecule has 0 aliphatic heterocycles. The minimum Gasteiger partial charge on any atom is -0.310 e. The average Bonchev–Trinajstić information content (AvgIpc) is 1.50. The molecule has 0 heterocycles. The zero-order valence-electron chi connectivity index (χ0n) is 80.5. The van der Waals surface area contributed by atoms with E-state index in [2.05, 4.69) is 559 Å². The van der Waals surface area contributed by atoms with Gasteiger partial charge in [-0.25, -0.2) is 0 Å². The van der Waals surface area contributed by atoms with Crippen LogP contribution in [-0.4, -0.2) is 0 Å². The highest BCUT2D eigenvalue weighted by molar-refractivity contribution is 6.04. The van der Waals surface area contributed by atoms with Crippen LogP contribution in [0.1, 0.15) is 139 Å². The summed E-state index contributed by atoms with van der Waals surface area (Å²) in [5, 5.41) is 0. The molecular formula is C142H98N2. The summed E-state index contributed by atoms with van der Waals surface area (Å²) < 4.78 is 0. The van der Waals surface area contributed by atoms with E-state index in [1.165, 1.54) is 195 Å². The Kier molecular flexibility index (Phi) is 18.2. The third-order valence-electron chi connectivity index (χ3n) is 33.9. The van der Waals surface area contributed by atoms with Crippen molar-refractivity contribution in [2.45, 2.75) is 60.2 Å². The molecule has 676 valence electrons. The van der Waals surface area contributed by atoms with E-state index in [1.807, 2.05) is 0 Å². The number of benzene rings is 22. The average molecular weight is 1830 g/mol. The van der Waals surface area contributed by atoms with Crippen molar-refractivity contribution in [3.8, 4) is 111 Å². The first-order chi connectivity index (χ1) is 70.9. The molecule has 0 bridgehead atoms. The third kappa shape index (κ3) is 11.5. The van der Waals surface area contributed by atoms with E-state index < -0.39 is 27.1 Å². The van der Waals surface area contributed by atoms with Gasteiger partial charge >= 0.3 is 0 Å². The largest absolute Gasteiger partial charge is 0.310 e. The van der Waals surface area contributed by atoms with Crippen LogP contribution in [0.5, 0.6) is 0 Å². The number of rotatable bonds is 15. The Morgan fingerprint density at radius 3 is 0.694 bits per heavy atom. The summed E-state index contributed by atoms with van der Waals surface area (Å²) in [4.78, 5) is 5.29. The molecule has 144 heavy (non-hydrogen) atoms. The van der Waals surface area contributed by atoms with E-state index in [-0.39, 0.29) is 5.41 Å². The smallest absolute Gasteiger partial charge is 0.0726 e. The zero-order chi connectivity index (χ0) is 95.5. The molecule has 0 fully saturated rings. The summed E-state index contributed by atoms with van der Waals surface area (Å²) in [7, 11) is 0. The molecule has 0 saturated heterocycles. The molecule has 0 aromatic heterocycles. The fourth-order valence-corrected chi connectivity index (χ4v) is 27.8. The lowest BCUT2D eigenvalue weighted by Crippen LogP contribution is -2.29. The highest BCUT2D eigenvalue weighted by Gasteiger charge is 2.55. The maximum absolute atomic E-state index is 2.65. The molecule has 0 N–H and O–H groups in total. The summed E-state index contributed by atoms with van der Waals surface area (Å²) in [5.41, 5.74) is 52.7. The van der Waals surface area contributed by atoms with E-state index in [4.69, 9.17) is 0 Å². The van der Waals surface area contributed by atoms with Gasteiger partial charge in [0.05, 0.1) is 33.0 Å². The van der Waals surface area contributed by atoms with E-state index >= 15 is 0 Å². The van der Waals surface area contributed by atoms with E-state index in [1.54, 1.807) is 0 Å². The van der Waals surface area contributed by atoms with Crippen molar-refractivity contribution in [3.63, 3.8) is 0 Å². The summed E-state index contributed by atoms with van der Waals surface area (Å²) in [6, 6.07) is 200. The Labute approximate surface area is 842 Å².